The minimum absolute atomic E-state index is 0.0983. The van der Waals surface area contributed by atoms with Crippen LogP contribution >= 0.6 is 15.9 Å². The first-order valence-corrected chi connectivity index (χ1v) is 8.37. The zero-order valence-corrected chi connectivity index (χ0v) is 13.5. The van der Waals surface area contributed by atoms with E-state index < -0.39 is 26.6 Å². The molecule has 0 heterocycles. The molecular weight excluding hydrogens is 351 g/mol. The molecule has 20 heavy (non-hydrogen) atoms. The number of nitrogens with two attached hydrogens (primary N) is 1. The number of hydrogen-bond acceptors (Lipinski definition) is 3. The predicted octanol–water partition coefficient (Wildman–Crippen LogP) is 2.15. The summed E-state index contributed by atoms with van der Waals surface area (Å²) >= 11 is 3.04. The molecule has 0 aliphatic heterocycles. The molecule has 1 aromatic carbocycles. The lowest BCUT2D eigenvalue weighted by Crippen LogP contribution is -2.34. The molecule has 112 valence electrons. The molecule has 0 fully saturated rings. The van der Waals surface area contributed by atoms with E-state index in [0.717, 1.165) is 6.07 Å². The molecule has 0 spiro atoms. The van der Waals surface area contributed by atoms with Crippen LogP contribution in [-0.4, -0.2) is 20.4 Å². The maximum atomic E-state index is 14.1. The van der Waals surface area contributed by atoms with Gasteiger partial charge in [-0.05, 0) is 25.0 Å². The van der Waals surface area contributed by atoms with E-state index in [9.17, 15) is 17.6 Å². The van der Waals surface area contributed by atoms with Crippen LogP contribution in [-0.2, 0) is 10.0 Å². The first-order valence-electron chi connectivity index (χ1n) is 6.03. The summed E-state index contributed by atoms with van der Waals surface area (Å²) in [7, 11) is -4.24. The predicted molar refractivity (Wildman–Crippen MR) is 77.3 cm³/mol. The van der Waals surface area contributed by atoms with Gasteiger partial charge in [-0.15, -0.1) is 0 Å². The summed E-state index contributed by atoms with van der Waals surface area (Å²) < 4.78 is 37.0. The van der Waals surface area contributed by atoms with Crippen molar-refractivity contribution in [3.8, 4) is 0 Å². The third-order valence-electron chi connectivity index (χ3n) is 2.88. The lowest BCUT2D eigenvalue weighted by Gasteiger charge is -2.15. The van der Waals surface area contributed by atoms with E-state index >= 15 is 0 Å². The summed E-state index contributed by atoms with van der Waals surface area (Å²) in [5.41, 5.74) is -0.352. The Morgan fingerprint density at radius 3 is 2.40 bits per heavy atom. The summed E-state index contributed by atoms with van der Waals surface area (Å²) in [4.78, 5) is 11.3. The van der Waals surface area contributed by atoms with Gasteiger partial charge in [0, 0.05) is 10.5 Å². The fourth-order valence-corrected chi connectivity index (χ4v) is 2.95. The molecular formula is C12H16BrFN2O3S. The molecule has 1 rings (SSSR count). The van der Waals surface area contributed by atoms with Crippen molar-refractivity contribution in [2.45, 2.75) is 37.6 Å². The SMILES string of the molecule is CCC(CC)NC(=O)c1cc(Br)cc(S(N)(=O)=O)c1F. The van der Waals surface area contributed by atoms with Crippen molar-refractivity contribution < 1.29 is 17.6 Å². The maximum Gasteiger partial charge on any atom is 0.254 e. The van der Waals surface area contributed by atoms with Gasteiger partial charge in [0.15, 0.2) is 5.82 Å². The molecule has 0 atom stereocenters. The molecule has 0 radical (unpaired) electrons. The first-order chi connectivity index (χ1) is 9.20. The van der Waals surface area contributed by atoms with Crippen molar-refractivity contribution in [2.75, 3.05) is 0 Å². The molecule has 1 aromatic rings. The van der Waals surface area contributed by atoms with Crippen molar-refractivity contribution in [1.82, 2.24) is 5.32 Å². The van der Waals surface area contributed by atoms with Crippen LogP contribution in [0.25, 0.3) is 0 Å². The second-order valence-electron chi connectivity index (χ2n) is 4.30. The normalized spacial score (nSPS) is 11.7. The fourth-order valence-electron chi connectivity index (χ4n) is 1.69. The number of amides is 1. The Morgan fingerprint density at radius 2 is 1.95 bits per heavy atom. The maximum absolute atomic E-state index is 14.1. The molecule has 0 bridgehead atoms. The molecule has 8 heteroatoms. The van der Waals surface area contributed by atoms with Crippen LogP contribution in [0.2, 0.25) is 0 Å². The molecule has 0 saturated heterocycles. The van der Waals surface area contributed by atoms with E-state index in [2.05, 4.69) is 21.2 Å². The Labute approximate surface area is 125 Å². The Kier molecular flexibility index (Phi) is 5.67. The number of carbonyl (C=O) groups is 1. The van der Waals surface area contributed by atoms with Crippen molar-refractivity contribution in [3.05, 3.63) is 28.0 Å². The summed E-state index contributed by atoms with van der Waals surface area (Å²) in [6.07, 6.45) is 1.39. The van der Waals surface area contributed by atoms with Crippen LogP contribution < -0.4 is 10.5 Å². The molecule has 1 amide bonds. The Bertz CT molecular complexity index is 615. The summed E-state index contributed by atoms with van der Waals surface area (Å²) in [5, 5.41) is 7.57. The van der Waals surface area contributed by atoms with Crippen molar-refractivity contribution in [1.29, 1.82) is 0 Å². The monoisotopic (exact) mass is 366 g/mol. The van der Waals surface area contributed by atoms with E-state index in [-0.39, 0.29) is 16.1 Å². The van der Waals surface area contributed by atoms with Gasteiger partial charge in [0.2, 0.25) is 10.0 Å². The van der Waals surface area contributed by atoms with Gasteiger partial charge in [-0.25, -0.2) is 17.9 Å². The minimum atomic E-state index is -4.24. The highest BCUT2D eigenvalue weighted by Gasteiger charge is 2.23. The summed E-state index contributed by atoms with van der Waals surface area (Å²) in [6.45, 7) is 3.78. The molecule has 0 aliphatic rings. The van der Waals surface area contributed by atoms with Crippen LogP contribution in [0.15, 0.2) is 21.5 Å². The van der Waals surface area contributed by atoms with Gasteiger partial charge < -0.3 is 5.32 Å². The molecule has 5 nitrogen and oxygen atoms in total. The van der Waals surface area contributed by atoms with Crippen LogP contribution in [0.4, 0.5) is 4.39 Å². The average Bonchev–Trinajstić information content (AvgIpc) is 2.36. The first kappa shape index (κ1) is 17.1. The van der Waals surface area contributed by atoms with Crippen LogP contribution in [0.3, 0.4) is 0 Å². The van der Waals surface area contributed by atoms with Crippen molar-refractivity contribution >= 4 is 31.9 Å². The minimum Gasteiger partial charge on any atom is -0.349 e. The van der Waals surface area contributed by atoms with E-state index in [1.807, 2.05) is 13.8 Å². The van der Waals surface area contributed by atoms with Gasteiger partial charge in [0.1, 0.15) is 4.90 Å². The lowest BCUT2D eigenvalue weighted by atomic mass is 10.1. The highest BCUT2D eigenvalue weighted by Crippen LogP contribution is 2.23. The number of nitrogens with one attached hydrogen (secondary N) is 1. The van der Waals surface area contributed by atoms with Gasteiger partial charge in [0.25, 0.3) is 5.91 Å². The third-order valence-corrected chi connectivity index (χ3v) is 4.24. The van der Waals surface area contributed by atoms with E-state index in [1.165, 1.54) is 6.07 Å². The number of hydrogen-bond donors (Lipinski definition) is 2. The second-order valence-corrected chi connectivity index (χ2v) is 6.74. The van der Waals surface area contributed by atoms with Gasteiger partial charge in [0.05, 0.1) is 5.56 Å². The van der Waals surface area contributed by atoms with E-state index in [0.29, 0.717) is 12.8 Å². The van der Waals surface area contributed by atoms with Gasteiger partial charge in [-0.3, -0.25) is 4.79 Å². The van der Waals surface area contributed by atoms with E-state index in [1.54, 1.807) is 0 Å². The van der Waals surface area contributed by atoms with Gasteiger partial charge in [-0.1, -0.05) is 29.8 Å². The van der Waals surface area contributed by atoms with Gasteiger partial charge in [-0.2, -0.15) is 0 Å². The molecule has 0 saturated carbocycles. The van der Waals surface area contributed by atoms with Gasteiger partial charge >= 0.3 is 0 Å². The smallest absolute Gasteiger partial charge is 0.254 e. The highest BCUT2D eigenvalue weighted by atomic mass is 79.9. The Morgan fingerprint density at radius 1 is 1.40 bits per heavy atom. The number of halogens is 2. The summed E-state index contributed by atoms with van der Waals surface area (Å²) in [6, 6.07) is 2.15. The fraction of sp³-hybridized carbons (Fsp3) is 0.417. The van der Waals surface area contributed by atoms with Crippen molar-refractivity contribution in [2.24, 2.45) is 5.14 Å². The number of rotatable bonds is 5. The Hall–Kier alpha value is -0.990. The number of benzene rings is 1. The third kappa shape index (κ3) is 4.00. The number of primary sulfonamides is 1. The van der Waals surface area contributed by atoms with Crippen LogP contribution in [0, 0.1) is 5.82 Å². The average molecular weight is 367 g/mol. The standard InChI is InChI=1S/C12H16BrFN2O3S/c1-3-8(4-2)16-12(17)9-5-7(13)6-10(11(9)14)20(15,18)19/h5-6,8H,3-4H2,1-2H3,(H,16,17)(H2,15,18,19). The van der Waals surface area contributed by atoms with Crippen LogP contribution in [0.1, 0.15) is 37.0 Å². The number of carbonyl (C=O) groups excluding carboxylic acids is 1. The second kappa shape index (κ2) is 6.64. The number of sulfonamides is 1. The summed E-state index contributed by atoms with van der Waals surface area (Å²) in [5.74, 6) is -1.80. The molecule has 0 aromatic heterocycles. The topological polar surface area (TPSA) is 89.3 Å². The largest absolute Gasteiger partial charge is 0.349 e. The highest BCUT2D eigenvalue weighted by molar-refractivity contribution is 9.10. The van der Waals surface area contributed by atoms with Crippen LogP contribution in [0.5, 0.6) is 0 Å². The molecule has 0 aliphatic carbocycles. The van der Waals surface area contributed by atoms with Crippen molar-refractivity contribution in [3.63, 3.8) is 0 Å². The molecule has 0 unspecified atom stereocenters. The zero-order chi connectivity index (χ0) is 15.5. The lowest BCUT2D eigenvalue weighted by molar-refractivity contribution is 0.0930. The zero-order valence-electron chi connectivity index (χ0n) is 11.1. The quantitative estimate of drug-likeness (QED) is 0.836. The Balaban J connectivity index is 3.26. The van der Waals surface area contributed by atoms with E-state index in [4.69, 9.17) is 5.14 Å². The molecule has 3 N–H and O–H groups in total.